The molecule has 6 heteroatoms. The van der Waals surface area contributed by atoms with Crippen molar-refractivity contribution in [3.8, 4) is 5.75 Å². The highest BCUT2D eigenvalue weighted by Crippen LogP contribution is 2.12. The number of esters is 1. The van der Waals surface area contributed by atoms with E-state index in [1.165, 1.54) is 19.2 Å². The van der Waals surface area contributed by atoms with Crippen molar-refractivity contribution in [2.75, 3.05) is 7.11 Å². The Kier molecular flexibility index (Phi) is 5.83. The Hall–Kier alpha value is -2.24. The van der Waals surface area contributed by atoms with Crippen molar-refractivity contribution in [1.82, 2.24) is 5.32 Å². The van der Waals surface area contributed by atoms with E-state index in [4.69, 9.17) is 4.74 Å². The van der Waals surface area contributed by atoms with Crippen LogP contribution in [0.15, 0.2) is 24.3 Å². The quantitative estimate of drug-likeness (QED) is 0.801. The van der Waals surface area contributed by atoms with E-state index in [1.54, 1.807) is 26.0 Å². The number of ether oxygens (including phenoxy) is 2. The lowest BCUT2D eigenvalue weighted by atomic mass is 10.1. The van der Waals surface area contributed by atoms with Crippen LogP contribution in [0.1, 0.15) is 19.4 Å². The molecular weight excluding hydrogens is 262 g/mol. The first-order chi connectivity index (χ1) is 9.42. The molecule has 1 rings (SSSR count). The highest BCUT2D eigenvalue weighted by molar-refractivity contribution is 5.81. The number of amides is 1. The molecule has 1 unspecified atom stereocenters. The number of carbonyl (C=O) groups excluding carboxylic acids is 2. The Balaban J connectivity index is 2.78. The largest absolute Gasteiger partial charge is 0.508 e. The van der Waals surface area contributed by atoms with Crippen LogP contribution in [0.5, 0.6) is 5.75 Å². The fourth-order valence-corrected chi connectivity index (χ4v) is 1.58. The Labute approximate surface area is 117 Å². The van der Waals surface area contributed by atoms with Crippen LogP contribution in [0.4, 0.5) is 4.79 Å². The Morgan fingerprint density at radius 2 is 1.85 bits per heavy atom. The first kappa shape index (κ1) is 15.8. The van der Waals surface area contributed by atoms with Crippen molar-refractivity contribution in [1.29, 1.82) is 0 Å². The molecular formula is C14H19NO5. The number of carbonyl (C=O) groups is 2. The number of rotatable bonds is 5. The summed E-state index contributed by atoms with van der Waals surface area (Å²) in [5.41, 5.74) is 0.782. The van der Waals surface area contributed by atoms with Gasteiger partial charge in [-0.1, -0.05) is 12.1 Å². The fourth-order valence-electron chi connectivity index (χ4n) is 1.58. The number of benzene rings is 1. The predicted molar refractivity (Wildman–Crippen MR) is 72.4 cm³/mol. The van der Waals surface area contributed by atoms with Gasteiger partial charge < -0.3 is 19.9 Å². The van der Waals surface area contributed by atoms with E-state index in [9.17, 15) is 14.7 Å². The molecule has 1 aromatic carbocycles. The second-order valence-electron chi connectivity index (χ2n) is 4.54. The van der Waals surface area contributed by atoms with Gasteiger partial charge in [0.25, 0.3) is 0 Å². The van der Waals surface area contributed by atoms with Crippen LogP contribution in [0.3, 0.4) is 0 Å². The van der Waals surface area contributed by atoms with Gasteiger partial charge in [-0.25, -0.2) is 9.59 Å². The fraction of sp³-hybridized carbons (Fsp3) is 0.429. The third kappa shape index (κ3) is 5.17. The average Bonchev–Trinajstić information content (AvgIpc) is 2.39. The Morgan fingerprint density at radius 1 is 1.25 bits per heavy atom. The van der Waals surface area contributed by atoms with Crippen molar-refractivity contribution in [3.63, 3.8) is 0 Å². The van der Waals surface area contributed by atoms with Crippen molar-refractivity contribution in [2.45, 2.75) is 32.4 Å². The summed E-state index contributed by atoms with van der Waals surface area (Å²) in [5, 5.41) is 11.7. The molecule has 20 heavy (non-hydrogen) atoms. The lowest BCUT2D eigenvalue weighted by Gasteiger charge is -2.18. The number of nitrogens with one attached hydrogen (secondary N) is 1. The summed E-state index contributed by atoms with van der Waals surface area (Å²) in [6, 6.07) is 5.53. The summed E-state index contributed by atoms with van der Waals surface area (Å²) in [7, 11) is 1.22. The number of alkyl carbamates (subject to hydrolysis) is 1. The van der Waals surface area contributed by atoms with Crippen molar-refractivity contribution < 1.29 is 24.2 Å². The van der Waals surface area contributed by atoms with Gasteiger partial charge in [-0.2, -0.15) is 0 Å². The molecule has 1 atom stereocenters. The molecule has 0 aromatic heterocycles. The van der Waals surface area contributed by atoms with E-state index < -0.39 is 18.1 Å². The van der Waals surface area contributed by atoms with Crippen LogP contribution in [0.25, 0.3) is 0 Å². The molecule has 0 saturated carbocycles. The SMILES string of the molecule is COC(=O)NC(Cc1ccc(O)cc1)C(=O)OC(C)C. The van der Waals surface area contributed by atoms with Crippen LogP contribution in [0.2, 0.25) is 0 Å². The normalized spacial score (nSPS) is 11.8. The van der Waals surface area contributed by atoms with Crippen LogP contribution in [0, 0.1) is 0 Å². The number of aromatic hydroxyl groups is 1. The zero-order valence-corrected chi connectivity index (χ0v) is 11.8. The van der Waals surface area contributed by atoms with Crippen molar-refractivity contribution in [3.05, 3.63) is 29.8 Å². The van der Waals surface area contributed by atoms with Crippen molar-refractivity contribution >= 4 is 12.1 Å². The second kappa shape index (κ2) is 7.37. The summed E-state index contributed by atoms with van der Waals surface area (Å²) < 4.78 is 9.59. The molecule has 1 amide bonds. The van der Waals surface area contributed by atoms with Gasteiger partial charge >= 0.3 is 12.1 Å². The van der Waals surface area contributed by atoms with Gasteiger partial charge in [0.15, 0.2) is 0 Å². The average molecular weight is 281 g/mol. The van der Waals surface area contributed by atoms with Gasteiger partial charge in [0.1, 0.15) is 11.8 Å². The standard InChI is InChI=1S/C14H19NO5/c1-9(2)20-13(17)12(15-14(18)19-3)8-10-4-6-11(16)7-5-10/h4-7,9,12,16H,8H2,1-3H3,(H,15,18). The van der Waals surface area contributed by atoms with Crippen LogP contribution >= 0.6 is 0 Å². The second-order valence-corrected chi connectivity index (χ2v) is 4.54. The molecule has 2 N–H and O–H groups in total. The lowest BCUT2D eigenvalue weighted by Crippen LogP contribution is -2.44. The molecule has 1 aromatic rings. The number of hydrogen-bond donors (Lipinski definition) is 2. The number of methoxy groups -OCH3 is 1. The maximum Gasteiger partial charge on any atom is 0.407 e. The predicted octanol–water partition coefficient (Wildman–Crippen LogP) is 1.61. The van der Waals surface area contributed by atoms with E-state index in [0.717, 1.165) is 5.56 Å². The van der Waals surface area contributed by atoms with Gasteiger partial charge in [-0.15, -0.1) is 0 Å². The Bertz CT molecular complexity index is 455. The number of hydrogen-bond acceptors (Lipinski definition) is 5. The van der Waals surface area contributed by atoms with Crippen LogP contribution < -0.4 is 5.32 Å². The van der Waals surface area contributed by atoms with Crippen molar-refractivity contribution in [2.24, 2.45) is 0 Å². The highest BCUT2D eigenvalue weighted by atomic mass is 16.6. The molecule has 0 aliphatic rings. The molecule has 0 aliphatic carbocycles. The molecule has 0 saturated heterocycles. The summed E-state index contributed by atoms with van der Waals surface area (Å²) in [4.78, 5) is 23.2. The van der Waals surface area contributed by atoms with E-state index in [1.807, 2.05) is 0 Å². The third-order valence-electron chi connectivity index (χ3n) is 2.49. The smallest absolute Gasteiger partial charge is 0.407 e. The number of phenols is 1. The van der Waals surface area contributed by atoms with Crippen LogP contribution in [-0.2, 0) is 20.7 Å². The maximum absolute atomic E-state index is 11.9. The first-order valence-electron chi connectivity index (χ1n) is 6.25. The minimum Gasteiger partial charge on any atom is -0.508 e. The first-order valence-corrected chi connectivity index (χ1v) is 6.25. The maximum atomic E-state index is 11.9. The van der Waals surface area contributed by atoms with Gasteiger partial charge in [-0.3, -0.25) is 0 Å². The monoisotopic (exact) mass is 281 g/mol. The molecule has 0 spiro atoms. The molecule has 6 nitrogen and oxygen atoms in total. The lowest BCUT2D eigenvalue weighted by molar-refractivity contribution is -0.149. The van der Waals surface area contributed by atoms with Crippen LogP contribution in [-0.4, -0.2) is 36.4 Å². The van der Waals surface area contributed by atoms with E-state index >= 15 is 0 Å². The number of phenolic OH excluding ortho intramolecular Hbond substituents is 1. The molecule has 0 radical (unpaired) electrons. The zero-order valence-electron chi connectivity index (χ0n) is 11.8. The third-order valence-corrected chi connectivity index (χ3v) is 2.49. The molecule has 0 fully saturated rings. The summed E-state index contributed by atoms with van der Waals surface area (Å²) in [6.45, 7) is 3.46. The van der Waals surface area contributed by atoms with Gasteiger partial charge in [0, 0.05) is 6.42 Å². The highest BCUT2D eigenvalue weighted by Gasteiger charge is 2.23. The minimum atomic E-state index is -0.839. The topological polar surface area (TPSA) is 84.9 Å². The molecule has 0 heterocycles. The minimum absolute atomic E-state index is 0.135. The van der Waals surface area contributed by atoms with Gasteiger partial charge in [-0.05, 0) is 31.5 Å². The van der Waals surface area contributed by atoms with E-state index in [-0.39, 0.29) is 18.3 Å². The van der Waals surface area contributed by atoms with E-state index in [0.29, 0.717) is 0 Å². The molecule has 0 aliphatic heterocycles. The van der Waals surface area contributed by atoms with Gasteiger partial charge in [0.05, 0.1) is 13.2 Å². The van der Waals surface area contributed by atoms with E-state index in [2.05, 4.69) is 10.1 Å². The summed E-state index contributed by atoms with van der Waals surface area (Å²) >= 11 is 0. The zero-order chi connectivity index (χ0) is 15.1. The Morgan fingerprint density at radius 3 is 2.35 bits per heavy atom. The molecule has 110 valence electrons. The summed E-state index contributed by atoms with van der Waals surface area (Å²) in [6.07, 6.45) is -0.722. The van der Waals surface area contributed by atoms with Gasteiger partial charge in [0.2, 0.25) is 0 Å². The molecule has 0 bridgehead atoms. The summed E-state index contributed by atoms with van der Waals surface area (Å²) in [5.74, 6) is -0.394.